The van der Waals surface area contributed by atoms with E-state index in [1.807, 2.05) is 66.7 Å². The van der Waals surface area contributed by atoms with Crippen molar-refractivity contribution in [1.82, 2.24) is 15.0 Å². The predicted octanol–water partition coefficient (Wildman–Crippen LogP) is 4.22. The van der Waals surface area contributed by atoms with Gasteiger partial charge in [-0.15, -0.1) is 0 Å². The Morgan fingerprint density at radius 2 is 1.55 bits per heavy atom. The Hall–Kier alpha value is -4.19. The van der Waals surface area contributed by atoms with E-state index < -0.39 is 11.2 Å². The molecule has 0 aliphatic heterocycles. The summed E-state index contributed by atoms with van der Waals surface area (Å²) < 4.78 is 6.03. The van der Waals surface area contributed by atoms with Crippen molar-refractivity contribution in [3.8, 4) is 22.8 Å². The van der Waals surface area contributed by atoms with Crippen molar-refractivity contribution in [2.75, 3.05) is 0 Å². The smallest absolute Gasteiger partial charge is 0.326 e. The fourth-order valence-corrected chi connectivity index (χ4v) is 3.39. The van der Waals surface area contributed by atoms with Crippen LogP contribution in [0.2, 0.25) is 0 Å². The minimum atomic E-state index is -0.550. The summed E-state index contributed by atoms with van der Waals surface area (Å²) in [7, 11) is 0. The third kappa shape index (κ3) is 3.17. The molecule has 0 atom stereocenters. The molecule has 6 heteroatoms. The van der Waals surface area contributed by atoms with Gasteiger partial charge in [-0.25, -0.2) is 4.79 Å². The molecule has 0 unspecified atom stereocenters. The SMILES string of the molecule is O=c1[nH]c(=O)c2cnc(-c3cc(Oc4ccccc4)cc4ccccc34)cc2[nH]1. The van der Waals surface area contributed by atoms with E-state index in [-0.39, 0.29) is 0 Å². The van der Waals surface area contributed by atoms with Gasteiger partial charge in [0.25, 0.3) is 5.56 Å². The van der Waals surface area contributed by atoms with E-state index in [0.717, 1.165) is 22.1 Å². The number of ether oxygens (including phenoxy) is 1. The average Bonchev–Trinajstić information content (AvgIpc) is 2.73. The van der Waals surface area contributed by atoms with Crippen molar-refractivity contribution < 1.29 is 4.74 Å². The largest absolute Gasteiger partial charge is 0.457 e. The molecule has 2 heterocycles. The van der Waals surface area contributed by atoms with E-state index in [1.165, 1.54) is 6.20 Å². The summed E-state index contributed by atoms with van der Waals surface area (Å²) in [5.41, 5.74) is 0.896. The molecule has 0 bridgehead atoms. The van der Waals surface area contributed by atoms with Crippen molar-refractivity contribution in [2.45, 2.75) is 0 Å². The number of H-pyrrole nitrogens is 2. The van der Waals surface area contributed by atoms with E-state index in [9.17, 15) is 9.59 Å². The van der Waals surface area contributed by atoms with Gasteiger partial charge in [-0.3, -0.25) is 14.8 Å². The zero-order valence-corrected chi connectivity index (χ0v) is 15.2. The number of hydrogen-bond acceptors (Lipinski definition) is 4. The zero-order chi connectivity index (χ0) is 19.8. The van der Waals surface area contributed by atoms with Gasteiger partial charge in [-0.2, -0.15) is 0 Å². The first-order chi connectivity index (χ1) is 14.2. The van der Waals surface area contributed by atoms with E-state index >= 15 is 0 Å². The topological polar surface area (TPSA) is 87.8 Å². The molecule has 0 aliphatic rings. The van der Waals surface area contributed by atoms with Crippen LogP contribution in [0.4, 0.5) is 0 Å². The van der Waals surface area contributed by atoms with Crippen LogP contribution >= 0.6 is 0 Å². The maximum absolute atomic E-state index is 12.0. The second kappa shape index (κ2) is 6.76. The van der Waals surface area contributed by atoms with Crippen molar-refractivity contribution in [3.63, 3.8) is 0 Å². The molecule has 29 heavy (non-hydrogen) atoms. The number of benzene rings is 3. The lowest BCUT2D eigenvalue weighted by molar-refractivity contribution is 0.483. The van der Waals surface area contributed by atoms with Gasteiger partial charge in [0.1, 0.15) is 11.5 Å². The molecule has 2 aromatic heterocycles. The Labute approximate surface area is 164 Å². The first-order valence-electron chi connectivity index (χ1n) is 9.06. The Kier molecular flexibility index (Phi) is 3.95. The van der Waals surface area contributed by atoms with E-state index in [1.54, 1.807) is 6.07 Å². The molecular weight excluding hydrogens is 366 g/mol. The lowest BCUT2D eigenvalue weighted by Crippen LogP contribution is -2.21. The molecule has 5 aromatic rings. The third-order valence-electron chi connectivity index (χ3n) is 4.71. The predicted molar refractivity (Wildman–Crippen MR) is 112 cm³/mol. The van der Waals surface area contributed by atoms with Crippen LogP contribution in [0.5, 0.6) is 11.5 Å². The average molecular weight is 381 g/mol. The number of aromatic nitrogens is 3. The Morgan fingerprint density at radius 1 is 0.759 bits per heavy atom. The summed E-state index contributed by atoms with van der Waals surface area (Å²) in [6.07, 6.45) is 1.47. The van der Waals surface area contributed by atoms with E-state index in [0.29, 0.717) is 22.3 Å². The van der Waals surface area contributed by atoms with Crippen LogP contribution in [0, 0.1) is 0 Å². The van der Waals surface area contributed by atoms with Crippen molar-refractivity contribution in [1.29, 1.82) is 0 Å². The summed E-state index contributed by atoms with van der Waals surface area (Å²) in [6, 6.07) is 23.1. The summed E-state index contributed by atoms with van der Waals surface area (Å²) >= 11 is 0. The molecule has 0 spiro atoms. The molecule has 0 amide bonds. The number of pyridine rings is 1. The number of rotatable bonds is 3. The van der Waals surface area contributed by atoms with E-state index in [2.05, 4.69) is 15.0 Å². The fourth-order valence-electron chi connectivity index (χ4n) is 3.39. The van der Waals surface area contributed by atoms with Crippen LogP contribution in [0.3, 0.4) is 0 Å². The zero-order valence-electron chi connectivity index (χ0n) is 15.2. The van der Waals surface area contributed by atoms with Gasteiger partial charge in [0.05, 0.1) is 16.6 Å². The molecule has 0 saturated carbocycles. The van der Waals surface area contributed by atoms with Gasteiger partial charge in [-0.1, -0.05) is 42.5 Å². The summed E-state index contributed by atoms with van der Waals surface area (Å²) in [5, 5.41) is 2.32. The molecule has 0 fully saturated rings. The van der Waals surface area contributed by atoms with Gasteiger partial charge in [-0.05, 0) is 41.1 Å². The van der Waals surface area contributed by atoms with Crippen LogP contribution in [0.25, 0.3) is 32.9 Å². The highest BCUT2D eigenvalue weighted by Gasteiger charge is 2.11. The highest BCUT2D eigenvalue weighted by atomic mass is 16.5. The number of para-hydroxylation sites is 1. The van der Waals surface area contributed by atoms with Crippen molar-refractivity contribution in [3.05, 3.63) is 99.8 Å². The summed E-state index contributed by atoms with van der Waals surface area (Å²) in [5.74, 6) is 1.40. The lowest BCUT2D eigenvalue weighted by Gasteiger charge is -2.12. The summed E-state index contributed by atoms with van der Waals surface area (Å²) in [4.78, 5) is 33.0. The highest BCUT2D eigenvalue weighted by molar-refractivity contribution is 5.98. The van der Waals surface area contributed by atoms with Gasteiger partial charge in [0.2, 0.25) is 0 Å². The van der Waals surface area contributed by atoms with Gasteiger partial charge in [0, 0.05) is 11.8 Å². The molecule has 5 rings (SSSR count). The number of nitrogens with zero attached hydrogens (tertiary/aromatic N) is 1. The number of nitrogens with one attached hydrogen (secondary N) is 2. The molecule has 6 nitrogen and oxygen atoms in total. The van der Waals surface area contributed by atoms with Crippen molar-refractivity contribution >= 4 is 21.7 Å². The van der Waals surface area contributed by atoms with Crippen LogP contribution in [0.15, 0.2) is 88.6 Å². The molecule has 0 aliphatic carbocycles. The number of hydrogen-bond donors (Lipinski definition) is 2. The number of fused-ring (bicyclic) bond motifs is 2. The molecular formula is C23H15N3O3. The molecule has 3 aromatic carbocycles. The fraction of sp³-hybridized carbons (Fsp3) is 0. The monoisotopic (exact) mass is 381 g/mol. The number of aromatic amines is 2. The standard InChI is InChI=1S/C23H15N3O3/c27-22-19-13-24-20(12-21(19)25-23(28)26-22)18-11-16(29-15-7-2-1-3-8-15)10-14-6-4-5-9-17(14)18/h1-13H,(H2,25,26,27,28). The van der Waals surface area contributed by atoms with E-state index in [4.69, 9.17) is 4.74 Å². The molecule has 0 saturated heterocycles. The van der Waals surface area contributed by atoms with Crippen molar-refractivity contribution in [2.24, 2.45) is 0 Å². The maximum atomic E-state index is 12.0. The first kappa shape index (κ1) is 16.9. The molecule has 0 radical (unpaired) electrons. The summed E-state index contributed by atoms with van der Waals surface area (Å²) in [6.45, 7) is 0. The van der Waals surface area contributed by atoms with Crippen LogP contribution in [-0.4, -0.2) is 15.0 Å². The Morgan fingerprint density at radius 3 is 2.41 bits per heavy atom. The van der Waals surface area contributed by atoms with Crippen LogP contribution in [-0.2, 0) is 0 Å². The second-order valence-electron chi connectivity index (χ2n) is 6.63. The normalized spacial score (nSPS) is 11.0. The maximum Gasteiger partial charge on any atom is 0.326 e. The highest BCUT2D eigenvalue weighted by Crippen LogP contribution is 2.34. The minimum Gasteiger partial charge on any atom is -0.457 e. The second-order valence-corrected chi connectivity index (χ2v) is 6.63. The third-order valence-corrected chi connectivity index (χ3v) is 4.71. The van der Waals surface area contributed by atoms with Crippen LogP contribution in [0.1, 0.15) is 0 Å². The van der Waals surface area contributed by atoms with Crippen LogP contribution < -0.4 is 16.0 Å². The Balaban J connectivity index is 1.72. The quantitative estimate of drug-likeness (QED) is 0.490. The van der Waals surface area contributed by atoms with Gasteiger partial charge >= 0.3 is 5.69 Å². The Bertz CT molecular complexity index is 1470. The molecule has 140 valence electrons. The van der Waals surface area contributed by atoms with Gasteiger partial charge < -0.3 is 9.72 Å². The first-order valence-corrected chi connectivity index (χ1v) is 9.06. The lowest BCUT2D eigenvalue weighted by atomic mass is 10.0. The minimum absolute atomic E-state index is 0.328. The molecule has 2 N–H and O–H groups in total. The van der Waals surface area contributed by atoms with Gasteiger partial charge in [0.15, 0.2) is 0 Å².